The van der Waals surface area contributed by atoms with Crippen molar-refractivity contribution in [2.45, 2.75) is 49.6 Å². The molecule has 2 aromatic heterocycles. The molecule has 24 heavy (non-hydrogen) atoms. The number of nitrogens with zero attached hydrogens (tertiary/aromatic N) is 4. The average molecular weight is 349 g/mol. The Morgan fingerprint density at radius 3 is 2.79 bits per heavy atom. The summed E-state index contributed by atoms with van der Waals surface area (Å²) in [5, 5.41) is 9.12. The van der Waals surface area contributed by atoms with Crippen molar-refractivity contribution in [2.24, 2.45) is 5.73 Å². The van der Waals surface area contributed by atoms with Gasteiger partial charge < -0.3 is 15.1 Å². The van der Waals surface area contributed by atoms with Crippen LogP contribution in [-0.4, -0.2) is 39.0 Å². The van der Waals surface area contributed by atoms with Gasteiger partial charge in [-0.2, -0.15) is 0 Å². The van der Waals surface area contributed by atoms with Crippen LogP contribution in [0.15, 0.2) is 28.0 Å². The molecule has 1 aliphatic heterocycles. The lowest BCUT2D eigenvalue weighted by Crippen LogP contribution is -2.32. The zero-order chi connectivity index (χ0) is 16.9. The van der Waals surface area contributed by atoms with Gasteiger partial charge >= 0.3 is 0 Å². The summed E-state index contributed by atoms with van der Waals surface area (Å²) in [7, 11) is 0. The molecule has 0 spiro atoms. The zero-order valence-electron chi connectivity index (χ0n) is 13.9. The quantitative estimate of drug-likeness (QED) is 0.771. The fraction of sp³-hybridized carbons (Fsp3) is 0.562. The number of hydrogen-bond donors (Lipinski definition) is 1. The summed E-state index contributed by atoms with van der Waals surface area (Å²) in [6, 6.07) is 3.80. The number of nitrogens with two attached hydrogens (primary N) is 1. The number of hydrogen-bond acceptors (Lipinski definition) is 6. The number of anilines is 1. The first-order valence-corrected chi connectivity index (χ1v) is 9.23. The highest BCUT2D eigenvalue weighted by Crippen LogP contribution is 2.29. The van der Waals surface area contributed by atoms with Crippen LogP contribution in [0.4, 0.5) is 5.95 Å². The predicted octanol–water partition coefficient (Wildman–Crippen LogP) is 2.27. The van der Waals surface area contributed by atoms with Gasteiger partial charge in [0.05, 0.1) is 18.1 Å². The van der Waals surface area contributed by atoms with Crippen LogP contribution in [0.25, 0.3) is 0 Å². The molecule has 0 saturated carbocycles. The minimum Gasteiger partial charge on any atom is -0.467 e. The fourth-order valence-electron chi connectivity index (χ4n) is 2.86. The number of primary amides is 1. The molecule has 1 amide bonds. The molecular formula is C16H23N5O2S. The van der Waals surface area contributed by atoms with Gasteiger partial charge in [0.2, 0.25) is 11.9 Å². The van der Waals surface area contributed by atoms with Gasteiger partial charge in [0.1, 0.15) is 5.76 Å². The smallest absolute Gasteiger partial charge is 0.231 e. The van der Waals surface area contributed by atoms with Crippen LogP contribution in [0.3, 0.4) is 0 Å². The molecule has 1 fully saturated rings. The molecule has 0 radical (unpaired) electrons. The van der Waals surface area contributed by atoms with E-state index < -0.39 is 0 Å². The summed E-state index contributed by atoms with van der Waals surface area (Å²) < 4.78 is 7.52. The monoisotopic (exact) mass is 349 g/mol. The first-order valence-electron chi connectivity index (χ1n) is 8.35. The van der Waals surface area contributed by atoms with Crippen molar-refractivity contribution in [3.05, 3.63) is 24.2 Å². The molecule has 2 N–H and O–H groups in total. The van der Waals surface area contributed by atoms with E-state index in [2.05, 4.69) is 15.1 Å². The lowest BCUT2D eigenvalue weighted by molar-refractivity contribution is -0.117. The first-order chi connectivity index (χ1) is 11.7. The minimum atomic E-state index is -0.324. The first kappa shape index (κ1) is 16.9. The molecule has 0 unspecified atom stereocenters. The summed E-state index contributed by atoms with van der Waals surface area (Å²) >= 11 is 1.38. The maximum Gasteiger partial charge on any atom is 0.231 e. The summed E-state index contributed by atoms with van der Waals surface area (Å²) in [5.74, 6) is 1.35. The third-order valence-corrected chi connectivity index (χ3v) is 5.53. The van der Waals surface area contributed by atoms with E-state index in [1.165, 1.54) is 18.2 Å². The molecule has 0 aromatic carbocycles. The summed E-state index contributed by atoms with van der Waals surface area (Å²) in [6.45, 7) is 4.45. The van der Waals surface area contributed by atoms with Crippen LogP contribution in [0.5, 0.6) is 0 Å². The van der Waals surface area contributed by atoms with Crippen LogP contribution >= 0.6 is 11.8 Å². The molecule has 130 valence electrons. The Balaban J connectivity index is 1.89. The predicted molar refractivity (Wildman–Crippen MR) is 93.0 cm³/mol. The summed E-state index contributed by atoms with van der Waals surface area (Å²) in [4.78, 5) is 13.8. The molecule has 2 aromatic rings. The standard InChI is InChI=1S/C16H23N5O2S/c1-2-13(14(17)22)24-16-19-18-15(20-8-4-3-5-9-20)21(16)11-12-7-6-10-23-12/h6-7,10,13H,2-5,8-9,11H2,1H3,(H2,17,22)/t13-/m0/s1. The summed E-state index contributed by atoms with van der Waals surface area (Å²) in [6.07, 6.45) is 5.89. The number of piperidine rings is 1. The van der Waals surface area contributed by atoms with E-state index >= 15 is 0 Å². The van der Waals surface area contributed by atoms with Crippen molar-refractivity contribution in [1.82, 2.24) is 14.8 Å². The molecule has 1 atom stereocenters. The number of carbonyl (C=O) groups excluding carboxylic acids is 1. The molecule has 1 saturated heterocycles. The lowest BCUT2D eigenvalue weighted by Gasteiger charge is -2.27. The van der Waals surface area contributed by atoms with E-state index in [0.29, 0.717) is 18.1 Å². The van der Waals surface area contributed by atoms with Crippen LogP contribution < -0.4 is 10.6 Å². The van der Waals surface area contributed by atoms with Crippen LogP contribution in [0, 0.1) is 0 Å². The molecular weight excluding hydrogens is 326 g/mol. The Hall–Kier alpha value is -1.96. The number of thioether (sulfide) groups is 1. The number of rotatable bonds is 7. The van der Waals surface area contributed by atoms with Gasteiger partial charge in [-0.3, -0.25) is 9.36 Å². The van der Waals surface area contributed by atoms with E-state index in [9.17, 15) is 4.79 Å². The maximum atomic E-state index is 11.6. The molecule has 0 bridgehead atoms. The highest BCUT2D eigenvalue weighted by Gasteiger charge is 2.24. The van der Waals surface area contributed by atoms with E-state index in [4.69, 9.17) is 10.2 Å². The Morgan fingerprint density at radius 1 is 1.38 bits per heavy atom. The van der Waals surface area contributed by atoms with E-state index in [-0.39, 0.29) is 11.2 Å². The molecule has 3 heterocycles. The second-order valence-corrected chi connectivity index (χ2v) is 7.08. The average Bonchev–Trinajstić information content (AvgIpc) is 3.24. The van der Waals surface area contributed by atoms with Gasteiger partial charge in [0.15, 0.2) is 5.16 Å². The van der Waals surface area contributed by atoms with Crippen LogP contribution in [0.2, 0.25) is 0 Å². The van der Waals surface area contributed by atoms with Crippen molar-refractivity contribution in [3.8, 4) is 0 Å². The third-order valence-electron chi connectivity index (χ3n) is 4.17. The Labute approximate surface area is 145 Å². The van der Waals surface area contributed by atoms with Crippen molar-refractivity contribution < 1.29 is 9.21 Å². The number of amides is 1. The number of aromatic nitrogens is 3. The number of furan rings is 1. The minimum absolute atomic E-state index is 0.307. The van der Waals surface area contributed by atoms with Crippen molar-refractivity contribution in [1.29, 1.82) is 0 Å². The molecule has 3 rings (SSSR count). The van der Waals surface area contributed by atoms with Gasteiger partial charge in [-0.05, 0) is 37.8 Å². The summed E-state index contributed by atoms with van der Waals surface area (Å²) in [5.41, 5.74) is 5.48. The Kier molecular flexibility index (Phi) is 5.44. The van der Waals surface area contributed by atoms with Gasteiger partial charge in [-0.25, -0.2) is 0 Å². The van der Waals surface area contributed by atoms with Gasteiger partial charge in [0, 0.05) is 13.1 Å². The highest BCUT2D eigenvalue weighted by atomic mass is 32.2. The van der Waals surface area contributed by atoms with E-state index in [0.717, 1.165) is 37.6 Å². The van der Waals surface area contributed by atoms with Gasteiger partial charge in [0.25, 0.3) is 0 Å². The Morgan fingerprint density at radius 2 is 2.17 bits per heavy atom. The van der Waals surface area contributed by atoms with Crippen molar-refractivity contribution >= 4 is 23.6 Å². The van der Waals surface area contributed by atoms with Crippen molar-refractivity contribution in [2.75, 3.05) is 18.0 Å². The largest absolute Gasteiger partial charge is 0.467 e. The number of carbonyl (C=O) groups is 1. The van der Waals surface area contributed by atoms with Gasteiger partial charge in [-0.15, -0.1) is 10.2 Å². The molecule has 0 aliphatic carbocycles. The van der Waals surface area contributed by atoms with Crippen LogP contribution in [-0.2, 0) is 11.3 Å². The lowest BCUT2D eigenvalue weighted by atomic mass is 10.1. The second kappa shape index (κ2) is 7.74. The fourth-order valence-corrected chi connectivity index (χ4v) is 3.76. The van der Waals surface area contributed by atoms with E-state index in [1.807, 2.05) is 23.6 Å². The van der Waals surface area contributed by atoms with Crippen molar-refractivity contribution in [3.63, 3.8) is 0 Å². The molecule has 7 nitrogen and oxygen atoms in total. The topological polar surface area (TPSA) is 90.2 Å². The third kappa shape index (κ3) is 3.75. The maximum absolute atomic E-state index is 11.6. The normalized spacial score (nSPS) is 16.3. The zero-order valence-corrected chi connectivity index (χ0v) is 14.7. The van der Waals surface area contributed by atoms with Gasteiger partial charge in [-0.1, -0.05) is 18.7 Å². The SMILES string of the molecule is CC[C@H](Sc1nnc(N2CCCCC2)n1Cc1ccco1)C(N)=O. The van der Waals surface area contributed by atoms with Crippen LogP contribution in [0.1, 0.15) is 38.4 Å². The Bertz CT molecular complexity index is 664. The molecule has 8 heteroatoms. The second-order valence-electron chi connectivity index (χ2n) is 5.91. The highest BCUT2D eigenvalue weighted by molar-refractivity contribution is 8.00. The molecule has 1 aliphatic rings. The van der Waals surface area contributed by atoms with E-state index in [1.54, 1.807) is 6.26 Å².